The Labute approximate surface area is 184 Å². The molecule has 0 fully saturated rings. The van der Waals surface area contributed by atoms with Crippen molar-refractivity contribution in [3.8, 4) is 5.75 Å². The van der Waals surface area contributed by atoms with Gasteiger partial charge in [0.05, 0.1) is 4.47 Å². The number of halogens is 1. The van der Waals surface area contributed by atoms with Gasteiger partial charge in [-0.3, -0.25) is 9.59 Å². The third-order valence-corrected chi connectivity index (χ3v) is 5.00. The second kappa shape index (κ2) is 10.6. The fourth-order valence-corrected chi connectivity index (χ4v) is 3.43. The average molecular weight is 467 g/mol. The highest BCUT2D eigenvalue weighted by atomic mass is 79.9. The summed E-state index contributed by atoms with van der Waals surface area (Å²) < 4.78 is 6.36. The van der Waals surface area contributed by atoms with Crippen LogP contribution >= 0.6 is 15.9 Å². The Balaban J connectivity index is 1.44. The predicted octanol–water partition coefficient (Wildman–Crippen LogP) is 5.35. The predicted molar refractivity (Wildman–Crippen MR) is 123 cm³/mol. The topological polar surface area (TPSA) is 67.4 Å². The van der Waals surface area contributed by atoms with Crippen molar-refractivity contribution in [1.29, 1.82) is 0 Å². The van der Waals surface area contributed by atoms with Crippen molar-refractivity contribution in [2.75, 3.05) is 17.2 Å². The molecule has 0 aliphatic heterocycles. The standard InChI is InChI=1S/C24H23BrN2O3/c1-17-7-13-22(21(25)15-17)30-16-24(29)27-20-11-9-19(10-12-20)26-23(28)14-8-18-5-3-2-4-6-18/h2-7,9-13,15H,8,14,16H2,1H3,(H,26,28)(H,27,29). The second-order valence-electron chi connectivity index (χ2n) is 6.88. The zero-order valence-corrected chi connectivity index (χ0v) is 18.2. The van der Waals surface area contributed by atoms with E-state index in [9.17, 15) is 9.59 Å². The molecule has 2 amide bonds. The average Bonchev–Trinajstić information content (AvgIpc) is 2.74. The van der Waals surface area contributed by atoms with E-state index in [0.717, 1.165) is 15.6 Å². The highest BCUT2D eigenvalue weighted by Crippen LogP contribution is 2.25. The third kappa shape index (κ3) is 6.74. The van der Waals surface area contributed by atoms with Crippen molar-refractivity contribution in [3.63, 3.8) is 0 Å². The Morgan fingerprint density at radius 1 is 0.867 bits per heavy atom. The minimum absolute atomic E-state index is 0.0484. The number of aryl methyl sites for hydroxylation is 2. The summed E-state index contributed by atoms with van der Waals surface area (Å²) >= 11 is 3.42. The maximum atomic E-state index is 12.1. The van der Waals surface area contributed by atoms with E-state index in [4.69, 9.17) is 4.74 Å². The lowest BCUT2D eigenvalue weighted by atomic mass is 10.1. The molecule has 0 saturated carbocycles. The minimum atomic E-state index is -0.262. The minimum Gasteiger partial charge on any atom is -0.483 e. The van der Waals surface area contributed by atoms with Crippen LogP contribution in [-0.2, 0) is 16.0 Å². The molecule has 154 valence electrons. The summed E-state index contributed by atoms with van der Waals surface area (Å²) in [6, 6.07) is 22.6. The maximum absolute atomic E-state index is 12.1. The first-order valence-electron chi connectivity index (χ1n) is 9.62. The number of carbonyl (C=O) groups excluding carboxylic acids is 2. The zero-order chi connectivity index (χ0) is 21.3. The van der Waals surface area contributed by atoms with Gasteiger partial charge in [-0.15, -0.1) is 0 Å². The fourth-order valence-electron chi connectivity index (χ4n) is 2.83. The molecule has 3 aromatic carbocycles. The molecule has 0 heterocycles. The van der Waals surface area contributed by atoms with Crippen molar-refractivity contribution in [1.82, 2.24) is 0 Å². The van der Waals surface area contributed by atoms with E-state index in [0.29, 0.717) is 30.0 Å². The second-order valence-corrected chi connectivity index (χ2v) is 7.74. The summed E-state index contributed by atoms with van der Waals surface area (Å²) in [7, 11) is 0. The van der Waals surface area contributed by atoms with Crippen molar-refractivity contribution in [3.05, 3.63) is 88.4 Å². The van der Waals surface area contributed by atoms with Crippen LogP contribution in [0.1, 0.15) is 17.5 Å². The molecule has 0 aliphatic carbocycles. The molecule has 3 aromatic rings. The van der Waals surface area contributed by atoms with Crippen LogP contribution in [0, 0.1) is 6.92 Å². The Bertz CT molecular complexity index is 1000. The lowest BCUT2D eigenvalue weighted by molar-refractivity contribution is -0.118. The maximum Gasteiger partial charge on any atom is 0.262 e. The number of benzene rings is 3. The molecule has 0 aliphatic rings. The first-order valence-corrected chi connectivity index (χ1v) is 10.4. The Morgan fingerprint density at radius 3 is 2.13 bits per heavy atom. The van der Waals surface area contributed by atoms with Crippen molar-refractivity contribution in [2.24, 2.45) is 0 Å². The molecule has 0 radical (unpaired) electrons. The fraction of sp³-hybridized carbons (Fsp3) is 0.167. The van der Waals surface area contributed by atoms with E-state index >= 15 is 0 Å². The summed E-state index contributed by atoms with van der Waals surface area (Å²) in [5.74, 6) is 0.305. The number of hydrogen-bond acceptors (Lipinski definition) is 3. The first kappa shape index (κ1) is 21.6. The summed E-state index contributed by atoms with van der Waals surface area (Å²) in [5.41, 5.74) is 3.55. The van der Waals surface area contributed by atoms with E-state index in [1.54, 1.807) is 24.3 Å². The SMILES string of the molecule is Cc1ccc(OCC(=O)Nc2ccc(NC(=O)CCc3ccccc3)cc2)c(Br)c1. The van der Waals surface area contributed by atoms with Gasteiger partial charge in [0.15, 0.2) is 6.61 Å². The molecule has 0 saturated heterocycles. The largest absolute Gasteiger partial charge is 0.483 e. The van der Waals surface area contributed by atoms with Crippen LogP contribution in [-0.4, -0.2) is 18.4 Å². The van der Waals surface area contributed by atoms with Crippen LogP contribution in [0.5, 0.6) is 5.75 Å². The van der Waals surface area contributed by atoms with Crippen LogP contribution in [0.25, 0.3) is 0 Å². The number of carbonyl (C=O) groups is 2. The molecule has 0 bridgehead atoms. The monoisotopic (exact) mass is 466 g/mol. The van der Waals surface area contributed by atoms with Crippen LogP contribution in [0.15, 0.2) is 77.3 Å². The van der Waals surface area contributed by atoms with Crippen LogP contribution < -0.4 is 15.4 Å². The zero-order valence-electron chi connectivity index (χ0n) is 16.7. The van der Waals surface area contributed by atoms with Gasteiger partial charge in [-0.2, -0.15) is 0 Å². The Hall–Kier alpha value is -3.12. The number of anilines is 2. The van der Waals surface area contributed by atoms with Gasteiger partial charge < -0.3 is 15.4 Å². The van der Waals surface area contributed by atoms with E-state index in [1.807, 2.05) is 55.5 Å². The molecule has 0 spiro atoms. The van der Waals surface area contributed by atoms with Crippen LogP contribution in [0.4, 0.5) is 11.4 Å². The van der Waals surface area contributed by atoms with Gasteiger partial charge in [0.25, 0.3) is 5.91 Å². The highest BCUT2D eigenvalue weighted by molar-refractivity contribution is 9.10. The summed E-state index contributed by atoms with van der Waals surface area (Å²) in [4.78, 5) is 24.2. The molecule has 5 nitrogen and oxygen atoms in total. The van der Waals surface area contributed by atoms with Gasteiger partial charge in [0.1, 0.15) is 5.75 Å². The quantitative estimate of drug-likeness (QED) is 0.470. The van der Waals surface area contributed by atoms with Crippen molar-refractivity contribution >= 4 is 39.1 Å². The lowest BCUT2D eigenvalue weighted by Crippen LogP contribution is -2.20. The molecule has 0 atom stereocenters. The Kier molecular flexibility index (Phi) is 7.63. The van der Waals surface area contributed by atoms with E-state index in [2.05, 4.69) is 26.6 Å². The van der Waals surface area contributed by atoms with E-state index in [1.165, 1.54) is 0 Å². The van der Waals surface area contributed by atoms with Gasteiger partial charge in [0, 0.05) is 17.8 Å². The van der Waals surface area contributed by atoms with Crippen molar-refractivity contribution in [2.45, 2.75) is 19.8 Å². The normalized spacial score (nSPS) is 10.3. The van der Waals surface area contributed by atoms with Gasteiger partial charge >= 0.3 is 0 Å². The highest BCUT2D eigenvalue weighted by Gasteiger charge is 2.07. The number of hydrogen-bond donors (Lipinski definition) is 2. The molecule has 0 unspecified atom stereocenters. The number of nitrogens with one attached hydrogen (secondary N) is 2. The van der Waals surface area contributed by atoms with E-state index in [-0.39, 0.29) is 18.4 Å². The molecular formula is C24H23BrN2O3. The third-order valence-electron chi connectivity index (χ3n) is 4.38. The Morgan fingerprint density at radius 2 is 1.50 bits per heavy atom. The van der Waals surface area contributed by atoms with Gasteiger partial charge in [-0.25, -0.2) is 0 Å². The van der Waals surface area contributed by atoms with Crippen LogP contribution in [0.3, 0.4) is 0 Å². The van der Waals surface area contributed by atoms with Gasteiger partial charge in [0.2, 0.25) is 5.91 Å². The van der Waals surface area contributed by atoms with Gasteiger partial charge in [-0.05, 0) is 76.8 Å². The lowest BCUT2D eigenvalue weighted by Gasteiger charge is -2.10. The smallest absolute Gasteiger partial charge is 0.262 e. The number of rotatable bonds is 8. The molecule has 6 heteroatoms. The van der Waals surface area contributed by atoms with Gasteiger partial charge in [-0.1, -0.05) is 36.4 Å². The number of amides is 2. The summed E-state index contributed by atoms with van der Waals surface area (Å²) in [5, 5.41) is 5.65. The van der Waals surface area contributed by atoms with E-state index < -0.39 is 0 Å². The first-order chi connectivity index (χ1) is 14.5. The molecular weight excluding hydrogens is 444 g/mol. The summed E-state index contributed by atoms with van der Waals surface area (Å²) in [6.45, 7) is 1.89. The molecule has 0 aromatic heterocycles. The van der Waals surface area contributed by atoms with Crippen LogP contribution in [0.2, 0.25) is 0 Å². The number of ether oxygens (including phenoxy) is 1. The van der Waals surface area contributed by atoms with Crippen molar-refractivity contribution < 1.29 is 14.3 Å². The molecule has 30 heavy (non-hydrogen) atoms. The molecule has 2 N–H and O–H groups in total. The molecule has 3 rings (SSSR count). The summed E-state index contributed by atoms with van der Waals surface area (Å²) in [6.07, 6.45) is 1.10.